The molecular formula is C27H19Cl2N9O. The van der Waals surface area contributed by atoms with E-state index in [0.717, 1.165) is 56.9 Å². The Labute approximate surface area is 230 Å². The number of nitrogens with zero attached hydrogens (tertiary/aromatic N) is 6. The van der Waals surface area contributed by atoms with Crippen LogP contribution in [0, 0.1) is 5.92 Å². The van der Waals surface area contributed by atoms with E-state index in [9.17, 15) is 4.79 Å². The minimum absolute atomic E-state index is 0.0884. The van der Waals surface area contributed by atoms with E-state index >= 15 is 0 Å². The summed E-state index contributed by atoms with van der Waals surface area (Å²) >= 11 is 12.4. The van der Waals surface area contributed by atoms with Crippen molar-refractivity contribution in [3.05, 3.63) is 93.0 Å². The number of hydrogen-bond donors (Lipinski definition) is 3. The van der Waals surface area contributed by atoms with E-state index in [1.54, 1.807) is 23.0 Å². The molecule has 39 heavy (non-hydrogen) atoms. The van der Waals surface area contributed by atoms with Gasteiger partial charge in [-0.05, 0) is 54.3 Å². The molecule has 0 bridgehead atoms. The van der Waals surface area contributed by atoms with Crippen molar-refractivity contribution in [2.24, 2.45) is 5.92 Å². The summed E-state index contributed by atoms with van der Waals surface area (Å²) in [6, 6.07) is 14.9. The van der Waals surface area contributed by atoms with Gasteiger partial charge in [-0.15, -0.1) is 5.10 Å². The quantitative estimate of drug-likeness (QED) is 0.281. The lowest BCUT2D eigenvalue weighted by Gasteiger charge is -2.18. The molecule has 192 valence electrons. The van der Waals surface area contributed by atoms with Crippen molar-refractivity contribution in [1.29, 1.82) is 0 Å². The molecule has 8 rings (SSSR count). The van der Waals surface area contributed by atoms with Gasteiger partial charge in [0.05, 0.1) is 35.3 Å². The van der Waals surface area contributed by atoms with Crippen molar-refractivity contribution < 1.29 is 0 Å². The SMILES string of the molecule is Nc1n[nH]c2cc(-c3cnc(C4C5CC5c5cc(-c6cc(Cl)ccc6-n6cc(Cl)nn6)cc(=O)n54)[nH]3)ccc12. The number of fused-ring (bicyclic) bond motifs is 4. The topological polar surface area (TPSA) is 136 Å². The van der Waals surface area contributed by atoms with Crippen LogP contribution in [0.1, 0.15) is 29.9 Å². The van der Waals surface area contributed by atoms with Crippen LogP contribution < -0.4 is 11.3 Å². The highest BCUT2D eigenvalue weighted by Crippen LogP contribution is 2.60. The van der Waals surface area contributed by atoms with E-state index in [-0.39, 0.29) is 16.8 Å². The third-order valence-electron chi connectivity index (χ3n) is 7.76. The predicted molar refractivity (Wildman–Crippen MR) is 148 cm³/mol. The van der Waals surface area contributed by atoms with Gasteiger partial charge >= 0.3 is 0 Å². The average Bonchev–Trinajstić information content (AvgIpc) is 3.28. The Kier molecular flexibility index (Phi) is 4.65. The Balaban J connectivity index is 1.19. The van der Waals surface area contributed by atoms with E-state index in [1.807, 2.05) is 41.1 Å². The first-order valence-corrected chi connectivity index (χ1v) is 13.1. The van der Waals surface area contributed by atoms with Gasteiger partial charge in [0.1, 0.15) is 5.82 Å². The van der Waals surface area contributed by atoms with Crippen LogP contribution >= 0.6 is 23.2 Å². The zero-order valence-corrected chi connectivity index (χ0v) is 21.6. The lowest BCUT2D eigenvalue weighted by Crippen LogP contribution is -2.26. The van der Waals surface area contributed by atoms with E-state index < -0.39 is 0 Å². The Hall–Kier alpha value is -4.41. The van der Waals surface area contributed by atoms with Crippen LogP contribution in [0.2, 0.25) is 10.2 Å². The second-order valence-corrected chi connectivity index (χ2v) is 10.9. The second-order valence-electron chi connectivity index (χ2n) is 10.0. The number of halogens is 2. The highest BCUT2D eigenvalue weighted by Gasteiger charge is 2.54. The lowest BCUT2D eigenvalue weighted by atomic mass is 10.0. The molecule has 0 amide bonds. The summed E-state index contributed by atoms with van der Waals surface area (Å²) in [5, 5.41) is 16.7. The number of nitrogens with one attached hydrogen (secondary N) is 2. The van der Waals surface area contributed by atoms with Gasteiger partial charge in [-0.2, -0.15) is 5.10 Å². The van der Waals surface area contributed by atoms with Gasteiger partial charge < -0.3 is 15.3 Å². The lowest BCUT2D eigenvalue weighted by molar-refractivity contribution is 0.515. The number of imidazole rings is 1. The molecule has 0 saturated heterocycles. The maximum absolute atomic E-state index is 13.6. The summed E-state index contributed by atoms with van der Waals surface area (Å²) in [7, 11) is 0. The van der Waals surface area contributed by atoms with Gasteiger partial charge in [0.15, 0.2) is 11.0 Å². The fraction of sp³-hybridized carbons (Fsp3) is 0.148. The van der Waals surface area contributed by atoms with Crippen LogP contribution in [-0.4, -0.2) is 39.7 Å². The third-order valence-corrected chi connectivity index (χ3v) is 8.17. The number of aromatic amines is 2. The molecule has 3 atom stereocenters. The van der Waals surface area contributed by atoms with Gasteiger partial charge in [-0.1, -0.05) is 34.5 Å². The molecule has 0 spiro atoms. The summed E-state index contributed by atoms with van der Waals surface area (Å²) < 4.78 is 3.46. The first-order valence-electron chi connectivity index (χ1n) is 12.4. The smallest absolute Gasteiger partial charge is 0.252 e. The number of anilines is 1. The van der Waals surface area contributed by atoms with Crippen LogP contribution in [0.5, 0.6) is 0 Å². The highest BCUT2D eigenvalue weighted by molar-refractivity contribution is 6.31. The maximum Gasteiger partial charge on any atom is 0.252 e. The summed E-state index contributed by atoms with van der Waals surface area (Å²) in [5.41, 5.74) is 11.8. The fourth-order valence-corrected chi connectivity index (χ4v) is 6.20. The van der Waals surface area contributed by atoms with E-state index in [0.29, 0.717) is 22.7 Å². The van der Waals surface area contributed by atoms with Crippen molar-refractivity contribution in [3.8, 4) is 28.1 Å². The normalized spacial score (nSPS) is 19.4. The molecule has 1 aliphatic heterocycles. The number of hydrogen-bond acceptors (Lipinski definition) is 6. The average molecular weight is 556 g/mol. The molecule has 2 aliphatic rings. The number of nitrogen functional groups attached to an aromatic ring is 1. The molecule has 5 heterocycles. The summed E-state index contributed by atoms with van der Waals surface area (Å²) in [6.45, 7) is 0. The van der Waals surface area contributed by atoms with Crippen molar-refractivity contribution in [3.63, 3.8) is 0 Å². The number of aromatic nitrogens is 8. The number of rotatable bonds is 4. The summed E-state index contributed by atoms with van der Waals surface area (Å²) in [4.78, 5) is 21.8. The predicted octanol–water partition coefficient (Wildman–Crippen LogP) is 4.96. The zero-order valence-electron chi connectivity index (χ0n) is 20.1. The minimum Gasteiger partial charge on any atom is -0.382 e. The first kappa shape index (κ1) is 22.6. The molecule has 2 aromatic carbocycles. The summed E-state index contributed by atoms with van der Waals surface area (Å²) in [5.74, 6) is 1.85. The number of H-pyrrole nitrogens is 2. The van der Waals surface area contributed by atoms with Crippen molar-refractivity contribution in [1.82, 2.24) is 39.7 Å². The number of benzene rings is 2. The number of pyridine rings is 1. The van der Waals surface area contributed by atoms with Gasteiger partial charge in [-0.3, -0.25) is 9.89 Å². The van der Waals surface area contributed by atoms with Crippen molar-refractivity contribution in [2.45, 2.75) is 18.4 Å². The molecule has 1 aliphatic carbocycles. The van der Waals surface area contributed by atoms with Gasteiger partial charge in [-0.25, -0.2) is 9.67 Å². The highest BCUT2D eigenvalue weighted by atomic mass is 35.5. The Bertz CT molecular complexity index is 2000. The fourth-order valence-electron chi connectivity index (χ4n) is 5.90. The van der Waals surface area contributed by atoms with E-state index in [1.165, 1.54) is 0 Å². The molecule has 4 aromatic heterocycles. The molecule has 0 radical (unpaired) electrons. The van der Waals surface area contributed by atoms with E-state index in [2.05, 4.69) is 31.6 Å². The van der Waals surface area contributed by atoms with Crippen LogP contribution in [0.3, 0.4) is 0 Å². The second kappa shape index (κ2) is 8.05. The molecule has 10 nitrogen and oxygen atoms in total. The summed E-state index contributed by atoms with van der Waals surface area (Å²) in [6.07, 6.45) is 4.44. The van der Waals surface area contributed by atoms with Crippen molar-refractivity contribution >= 4 is 39.9 Å². The minimum atomic E-state index is -0.153. The molecule has 12 heteroatoms. The molecule has 1 fully saturated rings. The third kappa shape index (κ3) is 3.45. The Morgan fingerprint density at radius 1 is 1.05 bits per heavy atom. The number of nitrogens with two attached hydrogens (primary N) is 1. The molecule has 4 N–H and O–H groups in total. The van der Waals surface area contributed by atoms with E-state index in [4.69, 9.17) is 33.9 Å². The van der Waals surface area contributed by atoms with Crippen LogP contribution in [0.4, 0.5) is 5.82 Å². The molecule has 3 unspecified atom stereocenters. The van der Waals surface area contributed by atoms with Crippen LogP contribution in [0.15, 0.2) is 65.7 Å². The van der Waals surface area contributed by atoms with Gasteiger partial charge in [0.25, 0.3) is 5.56 Å². The first-order chi connectivity index (χ1) is 18.9. The molecular weight excluding hydrogens is 537 g/mol. The maximum atomic E-state index is 13.6. The van der Waals surface area contributed by atoms with Gasteiger partial charge in [0, 0.05) is 39.2 Å². The van der Waals surface area contributed by atoms with Crippen LogP contribution in [0.25, 0.3) is 39.0 Å². The Morgan fingerprint density at radius 2 is 1.95 bits per heavy atom. The largest absolute Gasteiger partial charge is 0.382 e. The standard InChI is InChI=1S/C27H19Cl2N9O/c28-14-2-4-21(37-11-23(29)34-36-37)16(8-14)13-6-22-17-9-18(17)25(38(22)24(39)7-13)27-31-10-20(32-27)12-1-3-15-19(5-12)33-35-26(15)30/h1-8,10-11,17-18,25H,9H2,(H,31,32)(H3,30,33,35). The van der Waals surface area contributed by atoms with Crippen molar-refractivity contribution in [2.75, 3.05) is 5.73 Å². The Morgan fingerprint density at radius 3 is 2.79 bits per heavy atom. The monoisotopic (exact) mass is 555 g/mol. The van der Waals surface area contributed by atoms with Crippen LogP contribution in [-0.2, 0) is 0 Å². The zero-order chi connectivity index (χ0) is 26.4. The van der Waals surface area contributed by atoms with Gasteiger partial charge in [0.2, 0.25) is 0 Å². The molecule has 6 aromatic rings. The molecule has 1 saturated carbocycles.